The molecule has 1 heteroatoms. The third kappa shape index (κ3) is 10.9. The maximum atomic E-state index is 15.3. The molecule has 0 saturated heterocycles. The minimum atomic E-state index is -0.0342. The van der Waals surface area contributed by atoms with E-state index in [9.17, 15) is 0 Å². The van der Waals surface area contributed by atoms with Crippen LogP contribution in [0.1, 0.15) is 53.2 Å². The van der Waals surface area contributed by atoms with Gasteiger partial charge in [0, 0.05) is 17.0 Å². The predicted octanol–water partition coefficient (Wildman–Crippen LogP) is 21.1. The second kappa shape index (κ2) is 22.9. The first kappa shape index (κ1) is 50.1. The summed E-state index contributed by atoms with van der Waals surface area (Å²) in [7, 11) is 0. The molecule has 378 valence electrons. The van der Waals surface area contributed by atoms with Crippen molar-refractivity contribution in [2.45, 2.75) is 26.2 Å². The molecule has 12 aromatic carbocycles. The fourth-order valence-corrected chi connectivity index (χ4v) is 11.4. The van der Waals surface area contributed by atoms with Gasteiger partial charge >= 0.3 is 0 Å². The first-order chi connectivity index (χ1) is 38.9. The van der Waals surface area contributed by atoms with Gasteiger partial charge in [0.15, 0.2) is 5.78 Å². The SMILES string of the molecule is CCC(C)C1c2ccccc2-c2ccccc21.O=C(c1cc(-c2cccc(-c3ccccc3)c2)cc(-c2cccc(-c3ccccc3)c2)c1)c1cc(-c2cccc(-c3ccccc3)c2)cc(-c2cccc(-c3ccccc3)c2)c1. The molecule has 0 fully saturated rings. The van der Waals surface area contributed by atoms with Crippen molar-refractivity contribution < 1.29 is 4.79 Å². The fraction of sp³-hybridized carbons (Fsp3) is 0.0641. The van der Waals surface area contributed by atoms with E-state index in [2.05, 4.69) is 293 Å². The van der Waals surface area contributed by atoms with E-state index in [-0.39, 0.29) is 5.78 Å². The highest BCUT2D eigenvalue weighted by molar-refractivity contribution is 6.11. The minimum Gasteiger partial charge on any atom is -0.289 e. The zero-order valence-corrected chi connectivity index (χ0v) is 44.6. The minimum absolute atomic E-state index is 0.0342. The van der Waals surface area contributed by atoms with Crippen LogP contribution in [0.4, 0.5) is 0 Å². The Morgan fingerprint density at radius 1 is 0.278 bits per heavy atom. The zero-order chi connectivity index (χ0) is 53.5. The lowest BCUT2D eigenvalue weighted by molar-refractivity contribution is 0.103. The molecule has 0 saturated carbocycles. The molecule has 1 nitrogen and oxygen atoms in total. The summed E-state index contributed by atoms with van der Waals surface area (Å²) in [5, 5.41) is 0. The third-order valence-electron chi connectivity index (χ3n) is 15.7. The van der Waals surface area contributed by atoms with Crippen molar-refractivity contribution in [3.63, 3.8) is 0 Å². The van der Waals surface area contributed by atoms with Gasteiger partial charge in [0.2, 0.25) is 0 Å². The van der Waals surface area contributed by atoms with Crippen LogP contribution in [-0.4, -0.2) is 5.78 Å². The summed E-state index contributed by atoms with van der Waals surface area (Å²) in [6.45, 7) is 4.65. The van der Waals surface area contributed by atoms with E-state index in [0.717, 1.165) is 89.0 Å². The quantitative estimate of drug-likeness (QED) is 0.111. The predicted molar refractivity (Wildman–Crippen MR) is 333 cm³/mol. The lowest BCUT2D eigenvalue weighted by Gasteiger charge is -2.20. The zero-order valence-electron chi connectivity index (χ0n) is 44.6. The molecule has 79 heavy (non-hydrogen) atoms. The molecule has 1 unspecified atom stereocenters. The summed E-state index contributed by atoms with van der Waals surface area (Å²) in [6, 6.07) is 107. The lowest BCUT2D eigenvalue weighted by Crippen LogP contribution is -2.07. The fourth-order valence-electron chi connectivity index (χ4n) is 11.4. The number of benzene rings is 12. The Morgan fingerprint density at radius 3 is 0.785 bits per heavy atom. The van der Waals surface area contributed by atoms with Crippen LogP contribution >= 0.6 is 0 Å². The van der Waals surface area contributed by atoms with E-state index in [1.807, 2.05) is 24.3 Å². The van der Waals surface area contributed by atoms with Gasteiger partial charge in [-0.3, -0.25) is 4.79 Å². The van der Waals surface area contributed by atoms with Gasteiger partial charge in [-0.05, 0) is 178 Å². The van der Waals surface area contributed by atoms with E-state index in [1.54, 1.807) is 0 Å². The molecule has 0 amide bonds. The molecule has 0 radical (unpaired) electrons. The number of carbonyl (C=O) groups is 1. The maximum absolute atomic E-state index is 15.3. The average molecular weight is 1010 g/mol. The topological polar surface area (TPSA) is 17.1 Å². The van der Waals surface area contributed by atoms with Crippen molar-refractivity contribution in [3.8, 4) is 100 Å². The van der Waals surface area contributed by atoms with Crippen LogP contribution in [0, 0.1) is 5.92 Å². The van der Waals surface area contributed by atoms with Crippen LogP contribution in [0.2, 0.25) is 0 Å². The second-order valence-electron chi connectivity index (χ2n) is 20.8. The van der Waals surface area contributed by atoms with Gasteiger partial charge in [-0.1, -0.05) is 263 Å². The van der Waals surface area contributed by atoms with Crippen LogP contribution < -0.4 is 0 Å². The molecule has 0 N–H and O–H groups in total. The Morgan fingerprint density at radius 2 is 0.506 bits per heavy atom. The van der Waals surface area contributed by atoms with Gasteiger partial charge in [0.25, 0.3) is 0 Å². The van der Waals surface area contributed by atoms with E-state index >= 15 is 4.79 Å². The molecule has 13 rings (SSSR count). The number of hydrogen-bond acceptors (Lipinski definition) is 1. The van der Waals surface area contributed by atoms with E-state index < -0.39 is 0 Å². The van der Waals surface area contributed by atoms with Crippen molar-refractivity contribution in [3.05, 3.63) is 326 Å². The van der Waals surface area contributed by atoms with E-state index in [4.69, 9.17) is 0 Å². The summed E-state index contributed by atoms with van der Waals surface area (Å²) in [5.74, 6) is 1.26. The second-order valence-corrected chi connectivity index (χ2v) is 20.8. The summed E-state index contributed by atoms with van der Waals surface area (Å²) in [5.41, 5.74) is 24.4. The Labute approximate surface area is 465 Å². The molecule has 1 aliphatic carbocycles. The lowest BCUT2D eigenvalue weighted by atomic mass is 9.84. The van der Waals surface area contributed by atoms with Crippen molar-refractivity contribution in [1.82, 2.24) is 0 Å². The van der Waals surface area contributed by atoms with Gasteiger partial charge in [-0.15, -0.1) is 0 Å². The van der Waals surface area contributed by atoms with Crippen LogP contribution in [0.25, 0.3) is 100 Å². The van der Waals surface area contributed by atoms with Crippen LogP contribution in [0.15, 0.2) is 303 Å². The Kier molecular flexibility index (Phi) is 14.5. The van der Waals surface area contributed by atoms with Crippen molar-refractivity contribution in [2.75, 3.05) is 0 Å². The van der Waals surface area contributed by atoms with Crippen molar-refractivity contribution >= 4 is 5.78 Å². The normalized spacial score (nSPS) is 11.9. The molecule has 0 spiro atoms. The number of hydrogen-bond donors (Lipinski definition) is 0. The maximum Gasteiger partial charge on any atom is 0.193 e. The number of fused-ring (bicyclic) bond motifs is 3. The largest absolute Gasteiger partial charge is 0.289 e. The molecule has 0 heterocycles. The molecule has 0 bridgehead atoms. The highest BCUT2D eigenvalue weighted by atomic mass is 16.1. The number of carbonyl (C=O) groups excluding carboxylic acids is 1. The standard InChI is InChI=1S/C61H42O.C17H18/c62-61(59-39-55(51-29-13-25-47(33-51)43-17-5-1-6-18-43)37-56(40-59)52-30-14-26-48(34-52)44-19-7-2-8-20-44)60-41-57(53-31-15-27-49(35-53)45-21-9-3-10-22-45)38-58(42-60)54-32-16-28-50(36-54)46-23-11-4-12-24-46;1-3-12(2)17-15-10-6-4-8-13(15)14-9-5-7-11-16(14)17/h1-42H;4-12,17H,3H2,1-2H3. The molecule has 1 atom stereocenters. The van der Waals surface area contributed by atoms with E-state index in [0.29, 0.717) is 23.0 Å². The van der Waals surface area contributed by atoms with Gasteiger partial charge in [-0.25, -0.2) is 0 Å². The van der Waals surface area contributed by atoms with Crippen molar-refractivity contribution in [2.24, 2.45) is 5.92 Å². The summed E-state index contributed by atoms with van der Waals surface area (Å²) >= 11 is 0. The van der Waals surface area contributed by atoms with Crippen molar-refractivity contribution in [1.29, 1.82) is 0 Å². The summed E-state index contributed by atoms with van der Waals surface area (Å²) < 4.78 is 0. The molecular formula is C78H60O. The van der Waals surface area contributed by atoms with Gasteiger partial charge in [0.05, 0.1) is 0 Å². The van der Waals surface area contributed by atoms with Gasteiger partial charge in [-0.2, -0.15) is 0 Å². The number of ketones is 1. The van der Waals surface area contributed by atoms with Gasteiger partial charge < -0.3 is 0 Å². The smallest absolute Gasteiger partial charge is 0.193 e. The molecule has 0 aromatic heterocycles. The van der Waals surface area contributed by atoms with Crippen LogP contribution in [-0.2, 0) is 0 Å². The first-order valence-electron chi connectivity index (χ1n) is 27.6. The summed E-state index contributed by atoms with van der Waals surface area (Å²) in [4.78, 5) is 15.3. The van der Waals surface area contributed by atoms with Crippen LogP contribution in [0.5, 0.6) is 0 Å². The highest BCUT2D eigenvalue weighted by Crippen LogP contribution is 2.48. The Balaban J connectivity index is 0.000000310. The van der Waals surface area contributed by atoms with Crippen LogP contribution in [0.3, 0.4) is 0 Å². The highest BCUT2D eigenvalue weighted by Gasteiger charge is 2.31. The molecule has 12 aromatic rings. The summed E-state index contributed by atoms with van der Waals surface area (Å²) in [6.07, 6.45) is 1.23. The average Bonchev–Trinajstić information content (AvgIpc) is 4.16. The molecular weight excluding hydrogens is 953 g/mol. The third-order valence-corrected chi connectivity index (χ3v) is 15.7. The monoisotopic (exact) mass is 1010 g/mol. The molecule has 1 aliphatic rings. The Bertz CT molecular complexity index is 3620. The molecule has 0 aliphatic heterocycles. The van der Waals surface area contributed by atoms with E-state index in [1.165, 1.54) is 28.7 Å². The first-order valence-corrected chi connectivity index (χ1v) is 27.6. The van der Waals surface area contributed by atoms with Gasteiger partial charge in [0.1, 0.15) is 0 Å². The number of rotatable bonds is 12. The Hall–Kier alpha value is -9.69.